The van der Waals surface area contributed by atoms with Crippen LogP contribution in [0.15, 0.2) is 0 Å². The van der Waals surface area contributed by atoms with Gasteiger partial charge in [-0.3, -0.25) is 0 Å². The molecular weight excluding hydrogens is 223 g/mol. The first-order chi connectivity index (χ1) is 7.82. The fourth-order valence-electron chi connectivity index (χ4n) is 2.42. The third kappa shape index (κ3) is 2.89. The first-order valence-electron chi connectivity index (χ1n) is 6.18. The Balaban J connectivity index is 1.92. The van der Waals surface area contributed by atoms with Crippen LogP contribution in [-0.4, -0.2) is 36.5 Å². The van der Waals surface area contributed by atoms with Crippen molar-refractivity contribution in [1.82, 2.24) is 10.6 Å². The Labute approximate surface area is 101 Å². The molecule has 0 unspecified atom stereocenters. The molecule has 0 spiro atoms. The summed E-state index contributed by atoms with van der Waals surface area (Å²) in [6.07, 6.45) is 0.388. The number of alkyl carbamates (subject to hydrolysis) is 1. The molecule has 98 valence electrons. The molecule has 2 rings (SSSR count). The van der Waals surface area contributed by atoms with Gasteiger partial charge in [-0.15, -0.1) is 0 Å². The molecule has 2 fully saturated rings. The molecule has 1 amide bonds. The van der Waals surface area contributed by atoms with Crippen LogP contribution in [0.3, 0.4) is 0 Å². The van der Waals surface area contributed by atoms with E-state index in [1.54, 1.807) is 0 Å². The average Bonchev–Trinajstić information content (AvgIpc) is 2.77. The number of ether oxygens (including phenoxy) is 1. The number of halogens is 1. The van der Waals surface area contributed by atoms with Gasteiger partial charge in [-0.05, 0) is 33.6 Å². The zero-order chi connectivity index (χ0) is 12.7. The molecule has 0 aromatic rings. The summed E-state index contributed by atoms with van der Waals surface area (Å²) in [5.74, 6) is -0.116. The molecule has 1 aliphatic heterocycles. The van der Waals surface area contributed by atoms with Crippen LogP contribution in [0.25, 0.3) is 0 Å². The van der Waals surface area contributed by atoms with Crippen molar-refractivity contribution in [2.45, 2.75) is 50.9 Å². The molecule has 0 bridgehead atoms. The minimum atomic E-state index is -0.868. The van der Waals surface area contributed by atoms with Gasteiger partial charge in [0.1, 0.15) is 11.8 Å². The molecule has 1 saturated carbocycles. The highest BCUT2D eigenvalue weighted by molar-refractivity contribution is 5.69. The van der Waals surface area contributed by atoms with E-state index in [0.717, 1.165) is 12.8 Å². The van der Waals surface area contributed by atoms with Gasteiger partial charge in [0, 0.05) is 19.0 Å². The van der Waals surface area contributed by atoms with Crippen molar-refractivity contribution in [2.75, 3.05) is 13.1 Å². The van der Waals surface area contributed by atoms with Gasteiger partial charge < -0.3 is 15.4 Å². The first-order valence-corrected chi connectivity index (χ1v) is 6.18. The normalized spacial score (nSPS) is 31.1. The van der Waals surface area contributed by atoms with Gasteiger partial charge in [-0.1, -0.05) is 0 Å². The van der Waals surface area contributed by atoms with Crippen molar-refractivity contribution < 1.29 is 13.9 Å². The molecule has 2 N–H and O–H groups in total. The highest BCUT2D eigenvalue weighted by Gasteiger charge is 2.55. The highest BCUT2D eigenvalue weighted by Crippen LogP contribution is 2.45. The van der Waals surface area contributed by atoms with Gasteiger partial charge in [-0.2, -0.15) is 0 Å². The number of rotatable bonds is 2. The number of carbonyl (C=O) groups is 1. The van der Waals surface area contributed by atoms with E-state index >= 15 is 0 Å². The average molecular weight is 244 g/mol. The van der Waals surface area contributed by atoms with E-state index in [1.807, 2.05) is 20.8 Å². The Morgan fingerprint density at radius 3 is 2.47 bits per heavy atom. The van der Waals surface area contributed by atoms with Crippen LogP contribution in [0.5, 0.6) is 0 Å². The highest BCUT2D eigenvalue weighted by atomic mass is 19.1. The summed E-state index contributed by atoms with van der Waals surface area (Å²) >= 11 is 0. The van der Waals surface area contributed by atoms with Crippen LogP contribution in [-0.2, 0) is 4.74 Å². The number of hydrogen-bond acceptors (Lipinski definition) is 3. The number of carbonyl (C=O) groups excluding carboxylic acids is 1. The van der Waals surface area contributed by atoms with Crippen molar-refractivity contribution in [1.29, 1.82) is 0 Å². The molecule has 2 atom stereocenters. The summed E-state index contributed by atoms with van der Waals surface area (Å²) < 4.78 is 18.9. The van der Waals surface area contributed by atoms with Crippen molar-refractivity contribution in [3.8, 4) is 0 Å². The molecule has 0 radical (unpaired) electrons. The van der Waals surface area contributed by atoms with Crippen LogP contribution in [0.4, 0.5) is 9.18 Å². The lowest BCUT2D eigenvalue weighted by molar-refractivity contribution is 0.0463. The molecule has 17 heavy (non-hydrogen) atoms. The summed E-state index contributed by atoms with van der Waals surface area (Å²) in [5.41, 5.74) is -0.881. The number of amides is 1. The quantitative estimate of drug-likeness (QED) is 0.775. The zero-order valence-corrected chi connectivity index (χ0v) is 10.7. The van der Waals surface area contributed by atoms with Gasteiger partial charge in [0.15, 0.2) is 0 Å². The summed E-state index contributed by atoms with van der Waals surface area (Å²) in [7, 11) is 0. The van der Waals surface area contributed by atoms with Gasteiger partial charge in [0.2, 0.25) is 0 Å². The lowest BCUT2D eigenvalue weighted by Gasteiger charge is -2.27. The number of nitrogens with one attached hydrogen (secondary N) is 2. The molecule has 4 nitrogen and oxygen atoms in total. The lowest BCUT2D eigenvalue weighted by atomic mass is 9.95. The van der Waals surface area contributed by atoms with E-state index in [1.165, 1.54) is 0 Å². The van der Waals surface area contributed by atoms with Crippen LogP contribution in [0, 0.1) is 5.92 Å². The monoisotopic (exact) mass is 244 g/mol. The molecule has 2 aliphatic rings. The molecule has 1 saturated heterocycles. The smallest absolute Gasteiger partial charge is 0.408 e. The van der Waals surface area contributed by atoms with E-state index in [2.05, 4.69) is 10.6 Å². The SMILES string of the molecule is CC(C)(C)OC(=O)NC1([C@H]2CNC[C@@H]2F)CC1. The maximum Gasteiger partial charge on any atom is 0.408 e. The Hall–Kier alpha value is -0.840. The second-order valence-corrected chi connectivity index (χ2v) is 6.06. The minimum Gasteiger partial charge on any atom is -0.444 e. The molecule has 0 aromatic carbocycles. The van der Waals surface area contributed by atoms with E-state index in [-0.39, 0.29) is 11.5 Å². The van der Waals surface area contributed by atoms with Crippen LogP contribution >= 0.6 is 0 Å². The largest absolute Gasteiger partial charge is 0.444 e. The summed E-state index contributed by atoms with van der Waals surface area (Å²) in [5, 5.41) is 5.88. The minimum absolute atomic E-state index is 0.116. The maximum atomic E-state index is 13.7. The predicted octanol–water partition coefficient (Wildman–Crippen LogP) is 1.60. The van der Waals surface area contributed by atoms with Crippen molar-refractivity contribution in [3.05, 3.63) is 0 Å². The Kier molecular flexibility index (Phi) is 3.06. The number of hydrogen-bond donors (Lipinski definition) is 2. The Morgan fingerprint density at radius 2 is 2.06 bits per heavy atom. The second-order valence-electron chi connectivity index (χ2n) is 6.06. The van der Waals surface area contributed by atoms with Gasteiger partial charge in [0.25, 0.3) is 0 Å². The fraction of sp³-hybridized carbons (Fsp3) is 0.917. The van der Waals surface area contributed by atoms with Crippen LogP contribution in [0.1, 0.15) is 33.6 Å². The maximum absolute atomic E-state index is 13.7. The first kappa shape index (κ1) is 12.6. The zero-order valence-electron chi connectivity index (χ0n) is 10.7. The lowest BCUT2D eigenvalue weighted by Crippen LogP contribution is -2.47. The van der Waals surface area contributed by atoms with E-state index < -0.39 is 17.9 Å². The third-order valence-electron chi connectivity index (χ3n) is 3.39. The standard InChI is InChI=1S/C12H21FN2O2/c1-11(2,3)17-10(16)15-12(4-5-12)8-6-14-7-9(8)13/h8-9,14H,4-7H2,1-3H3,(H,15,16)/t8-,9-/m0/s1. The van der Waals surface area contributed by atoms with Crippen molar-refractivity contribution in [3.63, 3.8) is 0 Å². The number of alkyl halides is 1. The Bertz CT molecular complexity index is 310. The Morgan fingerprint density at radius 1 is 1.41 bits per heavy atom. The van der Waals surface area contributed by atoms with Crippen LogP contribution < -0.4 is 10.6 Å². The topological polar surface area (TPSA) is 50.4 Å². The fourth-order valence-corrected chi connectivity index (χ4v) is 2.42. The van der Waals surface area contributed by atoms with Gasteiger partial charge >= 0.3 is 6.09 Å². The van der Waals surface area contributed by atoms with Crippen LogP contribution in [0.2, 0.25) is 0 Å². The molecule has 0 aromatic heterocycles. The predicted molar refractivity (Wildman–Crippen MR) is 62.6 cm³/mol. The van der Waals surface area contributed by atoms with Crippen molar-refractivity contribution >= 4 is 6.09 Å². The molecule has 1 heterocycles. The van der Waals surface area contributed by atoms with E-state index in [0.29, 0.717) is 13.1 Å². The van der Waals surface area contributed by atoms with E-state index in [9.17, 15) is 9.18 Å². The molecule has 1 aliphatic carbocycles. The summed E-state index contributed by atoms with van der Waals surface area (Å²) in [6, 6.07) is 0. The van der Waals surface area contributed by atoms with Crippen molar-refractivity contribution in [2.24, 2.45) is 5.92 Å². The third-order valence-corrected chi connectivity index (χ3v) is 3.39. The van der Waals surface area contributed by atoms with Gasteiger partial charge in [-0.25, -0.2) is 9.18 Å². The second kappa shape index (κ2) is 4.12. The van der Waals surface area contributed by atoms with E-state index in [4.69, 9.17) is 4.74 Å². The molecular formula is C12H21FN2O2. The summed E-state index contributed by atoms with van der Waals surface area (Å²) in [4.78, 5) is 11.7. The van der Waals surface area contributed by atoms with Gasteiger partial charge in [0.05, 0.1) is 5.54 Å². The summed E-state index contributed by atoms with van der Waals surface area (Å²) in [6.45, 7) is 6.49. The molecule has 5 heteroatoms.